The average molecular weight is 481 g/mol. The minimum Gasteiger partial charge on any atom is -1.00 e. The molecule has 8 heteroatoms. The molecule has 0 aromatic heterocycles. The quantitative estimate of drug-likeness (QED) is 0.454. The molecule has 1 aliphatic heterocycles. The SMILES string of the molecule is Cl.NC1CCC[N+](CCCc2c(F)cccc2F)(CCCc2c(F)cccc2F)C1.[Cl-]. The predicted molar refractivity (Wildman–Crippen MR) is 114 cm³/mol. The highest BCUT2D eigenvalue weighted by Gasteiger charge is 2.33. The Hall–Kier alpha value is -1.34. The summed E-state index contributed by atoms with van der Waals surface area (Å²) in [6, 6.07) is 7.94. The molecule has 1 heterocycles. The van der Waals surface area contributed by atoms with E-state index in [2.05, 4.69) is 0 Å². The van der Waals surface area contributed by atoms with Crippen LogP contribution in [0.4, 0.5) is 17.6 Å². The fourth-order valence-corrected chi connectivity index (χ4v) is 4.61. The van der Waals surface area contributed by atoms with Gasteiger partial charge in [0.05, 0.1) is 32.2 Å². The number of benzene rings is 2. The lowest BCUT2D eigenvalue weighted by Gasteiger charge is -2.44. The van der Waals surface area contributed by atoms with Gasteiger partial charge < -0.3 is 22.6 Å². The van der Waals surface area contributed by atoms with E-state index in [0.717, 1.165) is 43.5 Å². The molecule has 2 aromatic rings. The van der Waals surface area contributed by atoms with Crippen LogP contribution < -0.4 is 18.1 Å². The third-order valence-corrected chi connectivity index (χ3v) is 6.07. The van der Waals surface area contributed by atoms with Crippen molar-refractivity contribution < 1.29 is 34.5 Å². The number of likely N-dealkylation sites (tertiary alicyclic amines) is 1. The summed E-state index contributed by atoms with van der Waals surface area (Å²) >= 11 is 0. The number of nitrogens with zero attached hydrogens (tertiary/aromatic N) is 1. The minimum absolute atomic E-state index is 0. The van der Waals surface area contributed by atoms with Crippen LogP contribution in [-0.2, 0) is 12.8 Å². The van der Waals surface area contributed by atoms with Crippen LogP contribution in [0.5, 0.6) is 0 Å². The molecule has 2 nitrogen and oxygen atoms in total. The number of nitrogens with two attached hydrogens (primary N) is 1. The molecule has 0 saturated carbocycles. The Balaban J connectivity index is 0.00000240. The van der Waals surface area contributed by atoms with E-state index < -0.39 is 23.3 Å². The summed E-state index contributed by atoms with van der Waals surface area (Å²) in [7, 11) is 0. The third-order valence-electron chi connectivity index (χ3n) is 6.07. The van der Waals surface area contributed by atoms with Crippen LogP contribution in [0.3, 0.4) is 0 Å². The topological polar surface area (TPSA) is 26.0 Å². The van der Waals surface area contributed by atoms with Crippen molar-refractivity contribution in [1.29, 1.82) is 0 Å². The van der Waals surface area contributed by atoms with Crippen LogP contribution in [0, 0.1) is 23.3 Å². The Morgan fingerprint density at radius 2 is 1.23 bits per heavy atom. The highest BCUT2D eigenvalue weighted by Crippen LogP contribution is 2.23. The van der Waals surface area contributed by atoms with E-state index in [-0.39, 0.29) is 42.0 Å². The van der Waals surface area contributed by atoms with E-state index in [0.29, 0.717) is 25.7 Å². The molecule has 1 saturated heterocycles. The van der Waals surface area contributed by atoms with Crippen molar-refractivity contribution in [3.8, 4) is 0 Å². The molecular formula is C23H30Cl2F4N2. The van der Waals surface area contributed by atoms with Gasteiger partial charge in [0, 0.05) is 24.0 Å². The predicted octanol–water partition coefficient (Wildman–Crippen LogP) is 2.17. The van der Waals surface area contributed by atoms with E-state index in [1.165, 1.54) is 36.4 Å². The standard InChI is InChI=1S/C23H29F4N2.2ClH/c24-20-9-1-10-21(25)18(20)7-4-14-29(13-3-6-17(28)16-29)15-5-8-19-22(26)11-2-12-23(19)27;;/h1-2,9-12,17H,3-8,13-16,28H2;2*1H/q+1;;/p-1. The van der Waals surface area contributed by atoms with Gasteiger partial charge in [-0.1, -0.05) is 12.1 Å². The number of halogens is 6. The van der Waals surface area contributed by atoms with E-state index in [4.69, 9.17) is 5.73 Å². The highest BCUT2D eigenvalue weighted by atomic mass is 35.5. The molecule has 1 fully saturated rings. The Morgan fingerprint density at radius 1 is 0.806 bits per heavy atom. The largest absolute Gasteiger partial charge is 1.00 e. The number of hydrogen-bond acceptors (Lipinski definition) is 1. The summed E-state index contributed by atoms with van der Waals surface area (Å²) in [6.45, 7) is 3.23. The van der Waals surface area contributed by atoms with Crippen LogP contribution >= 0.6 is 12.4 Å². The lowest BCUT2D eigenvalue weighted by molar-refractivity contribution is -0.933. The molecule has 1 atom stereocenters. The average Bonchev–Trinajstić information content (AvgIpc) is 2.67. The van der Waals surface area contributed by atoms with E-state index in [9.17, 15) is 17.6 Å². The lowest BCUT2D eigenvalue weighted by Crippen LogP contribution is -3.00. The second-order valence-electron chi connectivity index (χ2n) is 8.20. The molecule has 1 aliphatic rings. The molecule has 0 aliphatic carbocycles. The summed E-state index contributed by atoms with van der Waals surface area (Å²) in [6.07, 6.45) is 3.88. The minimum atomic E-state index is -0.512. The molecule has 0 bridgehead atoms. The summed E-state index contributed by atoms with van der Waals surface area (Å²) in [4.78, 5) is 0. The number of quaternary nitrogens is 1. The first-order chi connectivity index (χ1) is 13.9. The molecule has 0 radical (unpaired) electrons. The van der Waals surface area contributed by atoms with Gasteiger partial charge in [-0.25, -0.2) is 17.6 Å². The lowest BCUT2D eigenvalue weighted by atomic mass is 9.99. The van der Waals surface area contributed by atoms with Crippen LogP contribution in [0.15, 0.2) is 36.4 Å². The summed E-state index contributed by atoms with van der Waals surface area (Å²) in [5.41, 5.74) is 6.47. The number of hydrogen-bond donors (Lipinski definition) is 1. The fraction of sp³-hybridized carbons (Fsp3) is 0.478. The highest BCUT2D eigenvalue weighted by molar-refractivity contribution is 5.85. The molecule has 174 valence electrons. The van der Waals surface area contributed by atoms with Gasteiger partial charge >= 0.3 is 0 Å². The molecule has 2 N–H and O–H groups in total. The zero-order valence-corrected chi connectivity index (χ0v) is 19.0. The monoisotopic (exact) mass is 480 g/mol. The van der Waals surface area contributed by atoms with Crippen LogP contribution in [0.1, 0.15) is 36.8 Å². The van der Waals surface area contributed by atoms with Crippen LogP contribution in [0.25, 0.3) is 0 Å². The second-order valence-corrected chi connectivity index (χ2v) is 8.20. The van der Waals surface area contributed by atoms with E-state index >= 15 is 0 Å². The van der Waals surface area contributed by atoms with Crippen LogP contribution in [-0.4, -0.2) is 36.7 Å². The first-order valence-corrected chi connectivity index (χ1v) is 10.4. The zero-order chi connectivity index (χ0) is 20.9. The van der Waals surface area contributed by atoms with Crippen molar-refractivity contribution >= 4 is 12.4 Å². The van der Waals surface area contributed by atoms with Gasteiger partial charge in [-0.2, -0.15) is 0 Å². The van der Waals surface area contributed by atoms with E-state index in [1.807, 2.05) is 0 Å². The second kappa shape index (κ2) is 12.6. The van der Waals surface area contributed by atoms with Gasteiger partial charge in [0.25, 0.3) is 0 Å². The molecule has 0 spiro atoms. The number of rotatable bonds is 8. The van der Waals surface area contributed by atoms with Crippen molar-refractivity contribution in [2.24, 2.45) is 5.73 Å². The van der Waals surface area contributed by atoms with Gasteiger partial charge in [-0.05, 0) is 49.9 Å². The van der Waals surface area contributed by atoms with Crippen molar-refractivity contribution in [1.82, 2.24) is 0 Å². The van der Waals surface area contributed by atoms with Gasteiger partial charge in [0.2, 0.25) is 0 Å². The first-order valence-electron chi connectivity index (χ1n) is 10.4. The third kappa shape index (κ3) is 7.35. The maximum atomic E-state index is 13.9. The molecular weight excluding hydrogens is 451 g/mol. The Labute approximate surface area is 194 Å². The fourth-order valence-electron chi connectivity index (χ4n) is 4.61. The van der Waals surface area contributed by atoms with Crippen molar-refractivity contribution in [2.75, 3.05) is 26.2 Å². The van der Waals surface area contributed by atoms with Gasteiger partial charge in [0.1, 0.15) is 23.3 Å². The van der Waals surface area contributed by atoms with Gasteiger partial charge in [0.15, 0.2) is 0 Å². The zero-order valence-electron chi connectivity index (χ0n) is 17.4. The first kappa shape index (κ1) is 27.7. The summed E-state index contributed by atoms with van der Waals surface area (Å²) < 4.78 is 56.4. The Bertz CT molecular complexity index is 737. The van der Waals surface area contributed by atoms with Crippen molar-refractivity contribution in [2.45, 2.75) is 44.6 Å². The van der Waals surface area contributed by atoms with E-state index in [1.54, 1.807) is 0 Å². The summed E-state index contributed by atoms with van der Waals surface area (Å²) in [5.74, 6) is -2.05. The van der Waals surface area contributed by atoms with Gasteiger partial charge in [-0.3, -0.25) is 0 Å². The maximum absolute atomic E-state index is 13.9. The molecule has 3 rings (SSSR count). The molecule has 31 heavy (non-hydrogen) atoms. The molecule has 1 unspecified atom stereocenters. The number of piperidine rings is 1. The molecule has 2 aromatic carbocycles. The maximum Gasteiger partial charge on any atom is 0.129 e. The summed E-state index contributed by atoms with van der Waals surface area (Å²) in [5, 5.41) is 0. The van der Waals surface area contributed by atoms with Crippen LogP contribution in [0.2, 0.25) is 0 Å². The normalized spacial score (nSPS) is 17.5. The molecule has 0 amide bonds. The van der Waals surface area contributed by atoms with Gasteiger partial charge in [-0.15, -0.1) is 12.4 Å². The van der Waals surface area contributed by atoms with Crippen molar-refractivity contribution in [3.63, 3.8) is 0 Å². The smallest absolute Gasteiger partial charge is 0.129 e. The Kier molecular flexibility index (Phi) is 11.3. The Morgan fingerprint density at radius 3 is 1.61 bits per heavy atom. The van der Waals surface area contributed by atoms with Crippen molar-refractivity contribution in [3.05, 3.63) is 70.8 Å².